The van der Waals surface area contributed by atoms with Gasteiger partial charge in [-0.05, 0) is 30.7 Å². The highest BCUT2D eigenvalue weighted by molar-refractivity contribution is 6.36. The summed E-state index contributed by atoms with van der Waals surface area (Å²) in [6.07, 6.45) is -1.55. The molecule has 0 aliphatic rings. The maximum absolute atomic E-state index is 14.0. The Kier molecular flexibility index (Phi) is 4.09. The van der Waals surface area contributed by atoms with Crippen molar-refractivity contribution >= 4 is 23.2 Å². The summed E-state index contributed by atoms with van der Waals surface area (Å²) in [6.45, 7) is 1.49. The monoisotopic (exact) mass is 302 g/mol. The van der Waals surface area contributed by atoms with Crippen molar-refractivity contribution in [2.75, 3.05) is 0 Å². The summed E-state index contributed by atoms with van der Waals surface area (Å²) in [7, 11) is 0. The summed E-state index contributed by atoms with van der Waals surface area (Å²) in [6, 6.07) is 6.98. The number of rotatable bonds is 2. The topological polar surface area (TPSA) is 20.2 Å². The summed E-state index contributed by atoms with van der Waals surface area (Å²) in [4.78, 5) is 0. The molecule has 0 heterocycles. The summed E-state index contributed by atoms with van der Waals surface area (Å²) in [5.41, 5.74) is -0.122. The Labute approximate surface area is 119 Å². The molecule has 1 unspecified atom stereocenters. The molecular weight excluding hydrogens is 293 g/mol. The first-order chi connectivity index (χ1) is 8.93. The van der Waals surface area contributed by atoms with Crippen LogP contribution in [0.1, 0.15) is 22.8 Å². The van der Waals surface area contributed by atoms with Gasteiger partial charge in [0.2, 0.25) is 0 Å². The van der Waals surface area contributed by atoms with E-state index in [0.717, 1.165) is 6.07 Å². The molecule has 5 heteroatoms. The second kappa shape index (κ2) is 5.45. The van der Waals surface area contributed by atoms with Crippen LogP contribution in [0.15, 0.2) is 30.3 Å². The average Bonchev–Trinajstić information content (AvgIpc) is 2.34. The van der Waals surface area contributed by atoms with E-state index in [4.69, 9.17) is 23.2 Å². The average molecular weight is 303 g/mol. The summed E-state index contributed by atoms with van der Waals surface area (Å²) in [5, 5.41) is 10.5. The number of hydrogen-bond acceptors (Lipinski definition) is 1. The quantitative estimate of drug-likeness (QED) is 0.855. The second-order valence-electron chi connectivity index (χ2n) is 4.13. The minimum absolute atomic E-state index is 0.0919. The van der Waals surface area contributed by atoms with Crippen LogP contribution in [-0.4, -0.2) is 5.11 Å². The Balaban J connectivity index is 2.63. The number of aliphatic hydroxyl groups is 1. The highest BCUT2D eigenvalue weighted by atomic mass is 35.5. The normalized spacial score (nSPS) is 12.5. The van der Waals surface area contributed by atoms with E-state index in [1.165, 1.54) is 25.1 Å². The van der Waals surface area contributed by atoms with Gasteiger partial charge in [-0.1, -0.05) is 35.3 Å². The first-order valence-corrected chi connectivity index (χ1v) is 6.25. The molecule has 0 radical (unpaired) electrons. The lowest BCUT2D eigenvalue weighted by Gasteiger charge is -2.17. The van der Waals surface area contributed by atoms with Crippen LogP contribution in [-0.2, 0) is 0 Å². The van der Waals surface area contributed by atoms with Gasteiger partial charge in [0, 0.05) is 15.6 Å². The van der Waals surface area contributed by atoms with Gasteiger partial charge < -0.3 is 5.11 Å². The van der Waals surface area contributed by atoms with E-state index in [1.807, 2.05) is 0 Å². The zero-order chi connectivity index (χ0) is 14.2. The Morgan fingerprint density at radius 3 is 2.16 bits per heavy atom. The van der Waals surface area contributed by atoms with Gasteiger partial charge in [0.05, 0.1) is 5.56 Å². The van der Waals surface area contributed by atoms with Crippen LogP contribution in [0.4, 0.5) is 8.78 Å². The molecule has 0 aliphatic heterocycles. The molecule has 0 amide bonds. The molecule has 0 aromatic heterocycles. The molecule has 0 saturated heterocycles. The van der Waals surface area contributed by atoms with Crippen LogP contribution in [0.5, 0.6) is 0 Å². The van der Waals surface area contributed by atoms with Crippen LogP contribution in [0.25, 0.3) is 0 Å². The first-order valence-electron chi connectivity index (χ1n) is 5.50. The number of aliphatic hydroxyl groups excluding tert-OH is 1. The van der Waals surface area contributed by atoms with Crippen molar-refractivity contribution in [3.63, 3.8) is 0 Å². The van der Waals surface area contributed by atoms with E-state index < -0.39 is 23.3 Å². The molecule has 19 heavy (non-hydrogen) atoms. The highest BCUT2D eigenvalue weighted by Crippen LogP contribution is 2.36. The van der Waals surface area contributed by atoms with Crippen molar-refractivity contribution in [2.24, 2.45) is 0 Å². The van der Waals surface area contributed by atoms with E-state index in [1.54, 1.807) is 6.07 Å². The van der Waals surface area contributed by atoms with Gasteiger partial charge in [-0.15, -0.1) is 0 Å². The molecule has 0 saturated carbocycles. The molecule has 2 rings (SSSR count). The molecule has 2 aromatic rings. The third-order valence-electron chi connectivity index (χ3n) is 2.87. The predicted molar refractivity (Wildman–Crippen MR) is 71.6 cm³/mol. The Hall–Kier alpha value is -1.16. The number of aryl methyl sites for hydroxylation is 1. The fraction of sp³-hybridized carbons (Fsp3) is 0.143. The SMILES string of the molecule is Cc1ccc(F)c(C(O)c2c(Cl)cccc2Cl)c1F. The highest BCUT2D eigenvalue weighted by Gasteiger charge is 2.24. The molecule has 1 nitrogen and oxygen atoms in total. The summed E-state index contributed by atoms with van der Waals surface area (Å²) < 4.78 is 27.7. The lowest BCUT2D eigenvalue weighted by atomic mass is 9.98. The van der Waals surface area contributed by atoms with Gasteiger partial charge in [-0.3, -0.25) is 0 Å². The summed E-state index contributed by atoms with van der Waals surface area (Å²) >= 11 is 11.9. The third kappa shape index (κ3) is 2.59. The van der Waals surface area contributed by atoms with E-state index in [-0.39, 0.29) is 21.2 Å². The second-order valence-corrected chi connectivity index (χ2v) is 4.94. The first kappa shape index (κ1) is 14.3. The van der Waals surface area contributed by atoms with E-state index in [9.17, 15) is 13.9 Å². The molecule has 1 atom stereocenters. The minimum Gasteiger partial charge on any atom is -0.383 e. The van der Waals surface area contributed by atoms with Gasteiger partial charge in [0.1, 0.15) is 17.7 Å². The van der Waals surface area contributed by atoms with Gasteiger partial charge >= 0.3 is 0 Å². The molecule has 0 bridgehead atoms. The fourth-order valence-corrected chi connectivity index (χ4v) is 2.45. The molecule has 2 aromatic carbocycles. The molecule has 0 aliphatic carbocycles. The standard InChI is InChI=1S/C14H10Cl2F2O/c1-7-5-6-10(17)12(13(7)18)14(19)11-8(15)3-2-4-9(11)16/h2-6,14,19H,1H3. The van der Waals surface area contributed by atoms with E-state index in [0.29, 0.717) is 0 Å². The van der Waals surface area contributed by atoms with Crippen LogP contribution >= 0.6 is 23.2 Å². The fourth-order valence-electron chi connectivity index (χ4n) is 1.85. The molecular formula is C14H10Cl2F2O. The van der Waals surface area contributed by atoms with Crippen LogP contribution in [0.2, 0.25) is 10.0 Å². The largest absolute Gasteiger partial charge is 0.383 e. The molecule has 100 valence electrons. The van der Waals surface area contributed by atoms with Gasteiger partial charge in [0.15, 0.2) is 0 Å². The smallest absolute Gasteiger partial charge is 0.135 e. The molecule has 0 spiro atoms. The van der Waals surface area contributed by atoms with Crippen molar-refractivity contribution in [1.82, 2.24) is 0 Å². The Morgan fingerprint density at radius 1 is 1.00 bits per heavy atom. The Bertz CT molecular complexity index is 609. The number of hydrogen-bond donors (Lipinski definition) is 1. The maximum Gasteiger partial charge on any atom is 0.135 e. The number of benzene rings is 2. The zero-order valence-electron chi connectivity index (χ0n) is 9.92. The van der Waals surface area contributed by atoms with E-state index in [2.05, 4.69) is 0 Å². The van der Waals surface area contributed by atoms with Gasteiger partial charge in [-0.2, -0.15) is 0 Å². The van der Waals surface area contributed by atoms with Gasteiger partial charge in [0.25, 0.3) is 0 Å². The van der Waals surface area contributed by atoms with Crippen molar-refractivity contribution in [1.29, 1.82) is 0 Å². The predicted octanol–water partition coefficient (Wildman–Crippen LogP) is 4.66. The molecule has 1 N–H and O–H groups in total. The number of halogens is 4. The maximum atomic E-state index is 14.0. The molecule has 0 fully saturated rings. The van der Waals surface area contributed by atoms with Crippen molar-refractivity contribution in [3.8, 4) is 0 Å². The lowest BCUT2D eigenvalue weighted by Crippen LogP contribution is -2.08. The van der Waals surface area contributed by atoms with Crippen LogP contribution in [0, 0.1) is 18.6 Å². The lowest BCUT2D eigenvalue weighted by molar-refractivity contribution is 0.209. The Morgan fingerprint density at radius 2 is 1.58 bits per heavy atom. The zero-order valence-corrected chi connectivity index (χ0v) is 11.4. The van der Waals surface area contributed by atoms with Crippen molar-refractivity contribution in [3.05, 3.63) is 68.7 Å². The van der Waals surface area contributed by atoms with Crippen LogP contribution in [0.3, 0.4) is 0 Å². The van der Waals surface area contributed by atoms with Crippen molar-refractivity contribution in [2.45, 2.75) is 13.0 Å². The third-order valence-corrected chi connectivity index (χ3v) is 3.53. The summed E-state index contributed by atoms with van der Waals surface area (Å²) in [5.74, 6) is -1.64. The van der Waals surface area contributed by atoms with Crippen LogP contribution < -0.4 is 0 Å². The van der Waals surface area contributed by atoms with E-state index >= 15 is 0 Å². The van der Waals surface area contributed by atoms with Gasteiger partial charge in [-0.25, -0.2) is 8.78 Å². The van der Waals surface area contributed by atoms with Crippen molar-refractivity contribution < 1.29 is 13.9 Å². The minimum atomic E-state index is -1.55.